The Kier molecular flexibility index (Phi) is 12.7. The molecule has 1 spiro atoms. The maximum atomic E-state index is 13.7. The molecule has 2 heterocycles. The van der Waals surface area contributed by atoms with E-state index in [-0.39, 0.29) is 43.5 Å². The molecule has 2 saturated heterocycles. The lowest BCUT2D eigenvalue weighted by atomic mass is 9.51. The Labute approximate surface area is 314 Å². The normalized spacial score (nSPS) is 37.1. The predicted molar refractivity (Wildman–Crippen MR) is 183 cm³/mol. The second kappa shape index (κ2) is 16.2. The molecule has 0 bridgehead atoms. The molecule has 0 amide bonds. The summed E-state index contributed by atoms with van der Waals surface area (Å²) in [7, 11) is 0. The van der Waals surface area contributed by atoms with Crippen molar-refractivity contribution in [3.05, 3.63) is 23.8 Å². The Balaban J connectivity index is 2.12. The van der Waals surface area contributed by atoms with Crippen LogP contribution < -0.4 is 0 Å². The van der Waals surface area contributed by atoms with E-state index in [0.717, 1.165) is 27.7 Å². The van der Waals surface area contributed by atoms with E-state index in [1.54, 1.807) is 13.8 Å². The minimum atomic E-state index is -2.44. The fourth-order valence-corrected chi connectivity index (χ4v) is 8.00. The molecule has 0 aromatic rings. The molecule has 16 heteroatoms. The van der Waals surface area contributed by atoms with Crippen molar-refractivity contribution in [2.45, 2.75) is 130 Å². The van der Waals surface area contributed by atoms with Crippen LogP contribution in [0.2, 0.25) is 0 Å². The van der Waals surface area contributed by atoms with Crippen molar-refractivity contribution in [2.24, 2.45) is 29.1 Å². The number of hydrogen-bond acceptors (Lipinski definition) is 16. The summed E-state index contributed by atoms with van der Waals surface area (Å²) in [6.45, 7) is 13.9. The van der Waals surface area contributed by atoms with Gasteiger partial charge in [0.25, 0.3) is 0 Å². The van der Waals surface area contributed by atoms with Gasteiger partial charge in [-0.1, -0.05) is 40.7 Å². The third-order valence-electron chi connectivity index (χ3n) is 10.3. The number of hydrogen-bond donors (Lipinski definition) is 1. The van der Waals surface area contributed by atoms with Gasteiger partial charge in [0, 0.05) is 46.5 Å². The van der Waals surface area contributed by atoms with E-state index in [9.17, 15) is 38.7 Å². The molecule has 2 aliphatic heterocycles. The zero-order valence-electron chi connectivity index (χ0n) is 32.4. The summed E-state index contributed by atoms with van der Waals surface area (Å²) >= 11 is 0. The van der Waals surface area contributed by atoms with Crippen LogP contribution in [0.25, 0.3) is 0 Å². The van der Waals surface area contributed by atoms with E-state index in [1.165, 1.54) is 32.1 Å². The zero-order valence-corrected chi connectivity index (χ0v) is 32.4. The Bertz CT molecular complexity index is 1570. The standard InChI is InChI=1S/C38H52O16/c1-18(2)13-28(43)47-16-25-11-12-26(49-21(6)39)36(10)31(34(52-24(9)42)38(46)20(5)35(45)53-27(38)15-25)37(17-48-37)33(51-23(8)41)30(50-22(7)40)32(36)54-29(44)14-19(3)4/h11-12,15,18-20,26-27,30-34,46H,13-14,16-17H2,1-10H3/b12-11-,25-15+/t20-,26-,27-,30+,31+,32-,33+,34-,36+,37-,38-/m0/s1. The Morgan fingerprint density at radius 2 is 1.35 bits per heavy atom. The van der Waals surface area contributed by atoms with E-state index < -0.39 is 107 Å². The molecule has 4 rings (SSSR count). The molecule has 0 unspecified atom stereocenters. The van der Waals surface area contributed by atoms with Crippen LogP contribution in [-0.4, -0.2) is 108 Å². The van der Waals surface area contributed by atoms with Gasteiger partial charge in [-0.15, -0.1) is 0 Å². The van der Waals surface area contributed by atoms with Gasteiger partial charge in [-0.25, -0.2) is 0 Å². The number of epoxide rings is 1. The maximum Gasteiger partial charge on any atom is 0.312 e. The number of carbonyl (C=O) groups excluding carboxylic acids is 7. The molecule has 0 aromatic heterocycles. The average Bonchev–Trinajstić information content (AvgIpc) is 3.78. The van der Waals surface area contributed by atoms with Crippen LogP contribution in [0.1, 0.15) is 82.1 Å². The van der Waals surface area contributed by atoms with Crippen LogP contribution in [0.5, 0.6) is 0 Å². The summed E-state index contributed by atoms with van der Waals surface area (Å²) in [5, 5.41) is 13.0. The lowest BCUT2D eigenvalue weighted by molar-refractivity contribution is -0.279. The Morgan fingerprint density at radius 3 is 1.87 bits per heavy atom. The van der Waals surface area contributed by atoms with E-state index >= 15 is 0 Å². The second-order valence-corrected chi connectivity index (χ2v) is 15.6. The number of ether oxygens (including phenoxy) is 8. The third kappa shape index (κ3) is 8.49. The van der Waals surface area contributed by atoms with Crippen molar-refractivity contribution in [3.63, 3.8) is 0 Å². The summed E-state index contributed by atoms with van der Waals surface area (Å²) in [5.41, 5.74) is -5.91. The monoisotopic (exact) mass is 764 g/mol. The van der Waals surface area contributed by atoms with Crippen molar-refractivity contribution in [2.75, 3.05) is 13.2 Å². The number of aliphatic hydroxyl groups is 1. The summed E-state index contributed by atoms with van der Waals surface area (Å²) in [4.78, 5) is 91.4. The highest BCUT2D eigenvalue weighted by Crippen LogP contribution is 2.63. The SMILES string of the molecule is CC(=O)O[C@H]1[C@@H](OC(C)=O)[C@]2(CO2)[C@@H]2[C@H](OC(C)=O)[C@@]3(O)[C@H](/C=C(COC(=O)CC(C)C)\C=C/[C@H](OC(C)=O)[C@@]2(C)[C@H]1OC(=O)CC(C)C)OC(=O)[C@@H]3C. The van der Waals surface area contributed by atoms with E-state index in [0.29, 0.717) is 0 Å². The van der Waals surface area contributed by atoms with Crippen LogP contribution in [0.15, 0.2) is 23.8 Å². The fraction of sp³-hybridized carbons (Fsp3) is 0.711. The topological polar surface area (TPSA) is 217 Å². The highest BCUT2D eigenvalue weighted by atomic mass is 16.7. The van der Waals surface area contributed by atoms with Crippen molar-refractivity contribution >= 4 is 41.8 Å². The Morgan fingerprint density at radius 1 is 0.815 bits per heavy atom. The van der Waals surface area contributed by atoms with E-state index in [2.05, 4.69) is 0 Å². The molecule has 0 radical (unpaired) electrons. The second-order valence-electron chi connectivity index (χ2n) is 15.6. The molecule has 4 aliphatic rings. The van der Waals surface area contributed by atoms with E-state index in [1.807, 2.05) is 13.8 Å². The highest BCUT2D eigenvalue weighted by molar-refractivity contribution is 5.78. The van der Waals surface area contributed by atoms with Gasteiger partial charge in [0.05, 0.1) is 17.9 Å². The molecule has 16 nitrogen and oxygen atoms in total. The average molecular weight is 765 g/mol. The molecule has 2 aliphatic carbocycles. The van der Waals surface area contributed by atoms with Crippen molar-refractivity contribution in [1.82, 2.24) is 0 Å². The summed E-state index contributed by atoms with van der Waals surface area (Å²) < 4.78 is 47.2. The molecule has 3 fully saturated rings. The van der Waals surface area contributed by atoms with E-state index in [4.69, 9.17) is 37.9 Å². The first-order chi connectivity index (χ1) is 25.1. The smallest absolute Gasteiger partial charge is 0.312 e. The van der Waals surface area contributed by atoms with Crippen LogP contribution in [0.4, 0.5) is 0 Å². The highest BCUT2D eigenvalue weighted by Gasteiger charge is 2.81. The van der Waals surface area contributed by atoms with Crippen molar-refractivity contribution < 1.29 is 76.6 Å². The fourth-order valence-electron chi connectivity index (χ4n) is 8.00. The molecular weight excluding hydrogens is 712 g/mol. The van der Waals surface area contributed by atoms with Gasteiger partial charge in [-0.2, -0.15) is 0 Å². The van der Waals surface area contributed by atoms with Gasteiger partial charge in [-0.05, 0) is 36.5 Å². The van der Waals surface area contributed by atoms with Gasteiger partial charge in [0.15, 0.2) is 30.0 Å². The lowest BCUT2D eigenvalue weighted by Crippen LogP contribution is -2.76. The van der Waals surface area contributed by atoms with Gasteiger partial charge in [0.1, 0.15) is 24.4 Å². The minimum Gasteiger partial charge on any atom is -0.461 e. The predicted octanol–water partition coefficient (Wildman–Crippen LogP) is 2.45. The molecule has 300 valence electrons. The van der Waals surface area contributed by atoms with Gasteiger partial charge in [-0.3, -0.25) is 33.6 Å². The summed E-state index contributed by atoms with van der Waals surface area (Å²) in [6.07, 6.45) is -5.46. The van der Waals surface area contributed by atoms with Gasteiger partial charge in [0.2, 0.25) is 0 Å². The van der Waals surface area contributed by atoms with Crippen LogP contribution in [-0.2, 0) is 71.5 Å². The Hall–Kier alpha value is -4.31. The van der Waals surface area contributed by atoms with Gasteiger partial charge >= 0.3 is 41.8 Å². The lowest BCUT2D eigenvalue weighted by Gasteiger charge is -2.59. The maximum absolute atomic E-state index is 13.7. The molecule has 0 aromatic carbocycles. The first-order valence-electron chi connectivity index (χ1n) is 18.1. The molecular formula is C38H52O16. The zero-order chi connectivity index (χ0) is 40.5. The first-order valence-corrected chi connectivity index (χ1v) is 18.1. The van der Waals surface area contributed by atoms with Crippen molar-refractivity contribution in [1.29, 1.82) is 0 Å². The summed E-state index contributed by atoms with van der Waals surface area (Å²) in [5.74, 6) is -8.70. The molecule has 1 N–H and O–H groups in total. The van der Waals surface area contributed by atoms with Crippen LogP contribution in [0, 0.1) is 29.1 Å². The molecule has 1 saturated carbocycles. The number of rotatable bonds is 11. The minimum absolute atomic E-state index is 0.0258. The van der Waals surface area contributed by atoms with Crippen LogP contribution in [0.3, 0.4) is 0 Å². The quantitative estimate of drug-likeness (QED) is 0.182. The molecule has 11 atom stereocenters. The molecule has 54 heavy (non-hydrogen) atoms. The van der Waals surface area contributed by atoms with Gasteiger partial charge < -0.3 is 43.0 Å². The summed E-state index contributed by atoms with van der Waals surface area (Å²) in [6, 6.07) is 0. The third-order valence-corrected chi connectivity index (χ3v) is 10.3. The largest absolute Gasteiger partial charge is 0.461 e. The van der Waals surface area contributed by atoms with Crippen LogP contribution >= 0.6 is 0 Å². The first kappa shape index (κ1) is 42.4. The number of esters is 7. The number of carbonyl (C=O) groups is 7. The van der Waals surface area contributed by atoms with Crippen molar-refractivity contribution in [3.8, 4) is 0 Å². The number of fused-ring (bicyclic) bond motifs is 3.